The first kappa shape index (κ1) is 18.0. The van der Waals surface area contributed by atoms with Crippen molar-refractivity contribution in [1.29, 1.82) is 0 Å². The van der Waals surface area contributed by atoms with Gasteiger partial charge in [0.1, 0.15) is 16.5 Å². The number of furan rings is 1. The van der Waals surface area contributed by atoms with Crippen LogP contribution in [0.3, 0.4) is 0 Å². The normalized spacial score (nSPS) is 11.1. The maximum atomic E-state index is 11.0. The maximum Gasteiger partial charge on any atom is 0.270 e. The summed E-state index contributed by atoms with van der Waals surface area (Å²) in [4.78, 5) is 11.2. The maximum absolute atomic E-state index is 11.0. The lowest BCUT2D eigenvalue weighted by Crippen LogP contribution is -1.90. The van der Waals surface area contributed by atoms with Crippen LogP contribution in [0.1, 0.15) is 0 Å². The van der Waals surface area contributed by atoms with E-state index >= 15 is 0 Å². The Balaban J connectivity index is 1.52. The second kappa shape index (κ2) is 7.08. The first-order chi connectivity index (χ1) is 14.6. The van der Waals surface area contributed by atoms with E-state index in [9.17, 15) is 10.1 Å². The van der Waals surface area contributed by atoms with Crippen molar-refractivity contribution in [2.75, 3.05) is 7.11 Å². The number of rotatable bonds is 5. The van der Waals surface area contributed by atoms with Gasteiger partial charge in [-0.25, -0.2) is 0 Å². The molecule has 0 fully saturated rings. The molecule has 5 aromatic rings. The molecule has 0 aliphatic carbocycles. The first-order valence-electron chi connectivity index (χ1n) is 8.84. The summed E-state index contributed by atoms with van der Waals surface area (Å²) in [6.07, 6.45) is 0. The van der Waals surface area contributed by atoms with Crippen LogP contribution < -0.4 is 4.74 Å². The highest BCUT2D eigenvalue weighted by Crippen LogP contribution is 2.32. The quantitative estimate of drug-likeness (QED) is 0.300. The van der Waals surface area contributed by atoms with Gasteiger partial charge in [-0.15, -0.1) is 10.2 Å². The number of nitro benzene ring substituents is 1. The van der Waals surface area contributed by atoms with E-state index in [1.807, 2.05) is 24.3 Å². The van der Waals surface area contributed by atoms with Crippen LogP contribution in [0, 0.1) is 10.1 Å². The topological polar surface area (TPSA) is 109 Å². The number of hydrogen-bond acceptors (Lipinski definition) is 8. The Labute approximate surface area is 173 Å². The Hall–Kier alpha value is -4.05. The van der Waals surface area contributed by atoms with Gasteiger partial charge in [0.2, 0.25) is 10.8 Å². The van der Waals surface area contributed by atoms with E-state index < -0.39 is 4.92 Å². The lowest BCUT2D eigenvalue weighted by Gasteiger charge is -2.00. The summed E-state index contributed by atoms with van der Waals surface area (Å²) in [7, 11) is 1.62. The highest BCUT2D eigenvalue weighted by molar-refractivity contribution is 7.19. The number of aromatic nitrogens is 4. The van der Waals surface area contributed by atoms with E-state index in [1.165, 1.54) is 23.5 Å². The number of nitro groups is 1. The van der Waals surface area contributed by atoms with Gasteiger partial charge >= 0.3 is 0 Å². The summed E-state index contributed by atoms with van der Waals surface area (Å²) < 4.78 is 12.8. The largest absolute Gasteiger partial charge is 0.497 e. The number of non-ortho nitro benzene ring substituents is 1. The number of fused-ring (bicyclic) bond motifs is 1. The number of methoxy groups -OCH3 is 1. The van der Waals surface area contributed by atoms with E-state index in [-0.39, 0.29) is 5.69 Å². The van der Waals surface area contributed by atoms with Crippen molar-refractivity contribution in [1.82, 2.24) is 19.8 Å². The Bertz CT molecular complexity index is 1390. The first-order valence-corrected chi connectivity index (χ1v) is 9.66. The average molecular weight is 419 g/mol. The third-order valence-electron chi connectivity index (χ3n) is 4.48. The smallest absolute Gasteiger partial charge is 0.270 e. The number of ether oxygens (including phenoxy) is 1. The molecule has 148 valence electrons. The van der Waals surface area contributed by atoms with E-state index in [2.05, 4.69) is 15.3 Å². The standard InChI is InChI=1S/C20H13N5O4S/c1-28-15-7-3-5-13(11-15)19-23-24-18(21-22-20(24)30-19)17-9-8-16(29-17)12-4-2-6-14(10-12)25(26)27/h2-11H,1H3. The predicted molar refractivity (Wildman–Crippen MR) is 110 cm³/mol. The summed E-state index contributed by atoms with van der Waals surface area (Å²) in [6, 6.07) is 17.4. The number of hydrogen-bond donors (Lipinski definition) is 0. The average Bonchev–Trinajstić information content (AvgIpc) is 3.49. The van der Waals surface area contributed by atoms with Crippen LogP contribution in [-0.2, 0) is 0 Å². The van der Waals surface area contributed by atoms with Crippen molar-refractivity contribution in [2.24, 2.45) is 0 Å². The van der Waals surface area contributed by atoms with Crippen LogP contribution in [0.2, 0.25) is 0 Å². The molecular formula is C20H13N5O4S. The molecule has 0 saturated heterocycles. The molecule has 0 atom stereocenters. The lowest BCUT2D eigenvalue weighted by molar-refractivity contribution is -0.384. The summed E-state index contributed by atoms with van der Waals surface area (Å²) in [5.74, 6) is 2.15. The number of benzene rings is 2. The van der Waals surface area contributed by atoms with Crippen LogP contribution in [0.25, 0.3) is 38.4 Å². The minimum Gasteiger partial charge on any atom is -0.497 e. The summed E-state index contributed by atoms with van der Waals surface area (Å²) in [5, 5.41) is 24.8. The fourth-order valence-electron chi connectivity index (χ4n) is 3.03. The SMILES string of the molecule is COc1cccc(-c2nn3c(-c4ccc(-c5cccc([N+](=O)[O-])c5)o4)nnc3s2)c1. The van der Waals surface area contributed by atoms with Gasteiger partial charge in [-0.05, 0) is 24.3 Å². The predicted octanol–water partition coefficient (Wildman–Crippen LogP) is 4.70. The third kappa shape index (κ3) is 3.08. The molecule has 2 aromatic carbocycles. The molecule has 0 spiro atoms. The van der Waals surface area contributed by atoms with E-state index in [4.69, 9.17) is 9.15 Å². The molecule has 0 amide bonds. The molecule has 10 heteroatoms. The molecule has 0 aliphatic rings. The van der Waals surface area contributed by atoms with Crippen molar-refractivity contribution in [3.63, 3.8) is 0 Å². The zero-order chi connectivity index (χ0) is 20.7. The molecule has 3 aromatic heterocycles. The Morgan fingerprint density at radius 2 is 1.83 bits per heavy atom. The molecular weight excluding hydrogens is 406 g/mol. The molecule has 0 bridgehead atoms. The van der Waals surface area contributed by atoms with Crippen LogP contribution in [0.5, 0.6) is 5.75 Å². The van der Waals surface area contributed by atoms with Crippen LogP contribution in [0.4, 0.5) is 5.69 Å². The molecule has 0 radical (unpaired) electrons. The van der Waals surface area contributed by atoms with E-state index in [0.717, 1.165) is 16.3 Å². The molecule has 0 unspecified atom stereocenters. The monoisotopic (exact) mass is 419 g/mol. The zero-order valence-corrected chi connectivity index (χ0v) is 16.4. The Morgan fingerprint density at radius 3 is 2.67 bits per heavy atom. The van der Waals surface area contributed by atoms with E-state index in [0.29, 0.717) is 27.9 Å². The van der Waals surface area contributed by atoms with Crippen LogP contribution in [0.15, 0.2) is 65.1 Å². The summed E-state index contributed by atoms with van der Waals surface area (Å²) in [6.45, 7) is 0. The van der Waals surface area contributed by atoms with Gasteiger partial charge in [0.05, 0.1) is 12.0 Å². The summed E-state index contributed by atoms with van der Waals surface area (Å²) >= 11 is 1.40. The van der Waals surface area contributed by atoms with Crippen molar-refractivity contribution < 1.29 is 14.1 Å². The van der Waals surface area contributed by atoms with Gasteiger partial charge < -0.3 is 9.15 Å². The lowest BCUT2D eigenvalue weighted by atomic mass is 10.1. The third-order valence-corrected chi connectivity index (χ3v) is 5.42. The molecule has 9 nitrogen and oxygen atoms in total. The minimum absolute atomic E-state index is 0.00208. The van der Waals surface area contributed by atoms with Gasteiger partial charge in [-0.3, -0.25) is 10.1 Å². The van der Waals surface area contributed by atoms with Gasteiger partial charge in [0.25, 0.3) is 5.69 Å². The van der Waals surface area contributed by atoms with E-state index in [1.54, 1.807) is 35.9 Å². The summed E-state index contributed by atoms with van der Waals surface area (Å²) in [5.41, 5.74) is 1.51. The van der Waals surface area contributed by atoms with Gasteiger partial charge in [0, 0.05) is 23.3 Å². The Morgan fingerprint density at radius 1 is 1.03 bits per heavy atom. The molecule has 0 saturated carbocycles. The second-order valence-corrected chi connectivity index (χ2v) is 7.28. The Kier molecular flexibility index (Phi) is 4.25. The van der Waals surface area contributed by atoms with Crippen molar-refractivity contribution >= 4 is 22.0 Å². The van der Waals surface area contributed by atoms with Crippen LogP contribution in [-0.4, -0.2) is 31.8 Å². The molecule has 30 heavy (non-hydrogen) atoms. The second-order valence-electron chi connectivity index (χ2n) is 6.33. The fraction of sp³-hybridized carbons (Fsp3) is 0.0500. The minimum atomic E-state index is -0.440. The zero-order valence-electron chi connectivity index (χ0n) is 15.6. The highest BCUT2D eigenvalue weighted by Gasteiger charge is 2.18. The fourth-order valence-corrected chi connectivity index (χ4v) is 3.86. The van der Waals surface area contributed by atoms with Crippen molar-refractivity contribution in [3.8, 4) is 39.2 Å². The van der Waals surface area contributed by atoms with Gasteiger partial charge in [-0.2, -0.15) is 9.61 Å². The van der Waals surface area contributed by atoms with Crippen LogP contribution >= 0.6 is 11.3 Å². The molecule has 0 aliphatic heterocycles. The highest BCUT2D eigenvalue weighted by atomic mass is 32.1. The van der Waals surface area contributed by atoms with Gasteiger partial charge in [-0.1, -0.05) is 35.6 Å². The molecule has 5 rings (SSSR count). The number of nitrogens with zero attached hydrogens (tertiary/aromatic N) is 5. The van der Waals surface area contributed by atoms with Crippen molar-refractivity contribution in [2.45, 2.75) is 0 Å². The van der Waals surface area contributed by atoms with Gasteiger partial charge in [0.15, 0.2) is 5.76 Å². The van der Waals surface area contributed by atoms with Crippen molar-refractivity contribution in [3.05, 3.63) is 70.8 Å². The molecule has 3 heterocycles. The molecule has 0 N–H and O–H groups in total.